The Balaban J connectivity index is 2.13. The van der Waals surface area contributed by atoms with Gasteiger partial charge in [0, 0.05) is 0 Å². The Hall–Kier alpha value is -1.45. The molecule has 1 saturated carbocycles. The van der Waals surface area contributed by atoms with E-state index in [1.165, 1.54) is 18.9 Å². The zero-order valence-corrected chi connectivity index (χ0v) is 12.4. The fourth-order valence-corrected chi connectivity index (χ4v) is 3.59. The lowest BCUT2D eigenvalue weighted by atomic mass is 9.72. The summed E-state index contributed by atoms with van der Waals surface area (Å²) in [4.78, 5) is 11.8. The van der Waals surface area contributed by atoms with E-state index in [2.05, 4.69) is 6.92 Å². The van der Waals surface area contributed by atoms with Crippen molar-refractivity contribution >= 4 is 5.91 Å². The standard InChI is InChI=1S/C17H23F2NO/c1-2-3-11-4-6-12(7-5-11)16(17(20)21)13-8-9-14(18)15(19)10-13/h8-12,16H,2-7H2,1H3,(H2,20,21). The lowest BCUT2D eigenvalue weighted by Gasteiger charge is -2.32. The zero-order valence-electron chi connectivity index (χ0n) is 12.4. The normalized spacial score (nSPS) is 23.8. The molecule has 116 valence electrons. The molecule has 0 aromatic heterocycles. The Morgan fingerprint density at radius 2 is 1.90 bits per heavy atom. The van der Waals surface area contributed by atoms with Gasteiger partial charge in [-0.3, -0.25) is 4.79 Å². The van der Waals surface area contributed by atoms with E-state index in [0.717, 1.165) is 43.7 Å². The van der Waals surface area contributed by atoms with Crippen molar-refractivity contribution in [2.75, 3.05) is 0 Å². The summed E-state index contributed by atoms with van der Waals surface area (Å²) in [7, 11) is 0. The van der Waals surface area contributed by atoms with E-state index in [0.29, 0.717) is 5.56 Å². The monoisotopic (exact) mass is 295 g/mol. The van der Waals surface area contributed by atoms with Gasteiger partial charge in [-0.25, -0.2) is 8.78 Å². The Bertz CT molecular complexity index is 496. The van der Waals surface area contributed by atoms with Crippen LogP contribution in [0.2, 0.25) is 0 Å². The number of nitrogens with two attached hydrogens (primary N) is 1. The summed E-state index contributed by atoms with van der Waals surface area (Å²) in [6.45, 7) is 2.18. The number of benzene rings is 1. The highest BCUT2D eigenvalue weighted by molar-refractivity contribution is 5.82. The van der Waals surface area contributed by atoms with E-state index in [1.807, 2.05) is 0 Å². The van der Waals surface area contributed by atoms with Gasteiger partial charge >= 0.3 is 0 Å². The van der Waals surface area contributed by atoms with Crippen LogP contribution in [0, 0.1) is 23.5 Å². The van der Waals surface area contributed by atoms with E-state index < -0.39 is 23.5 Å². The van der Waals surface area contributed by atoms with E-state index >= 15 is 0 Å². The zero-order chi connectivity index (χ0) is 15.4. The molecular formula is C17H23F2NO. The van der Waals surface area contributed by atoms with E-state index in [9.17, 15) is 13.6 Å². The van der Waals surface area contributed by atoms with Crippen LogP contribution >= 0.6 is 0 Å². The molecule has 21 heavy (non-hydrogen) atoms. The first-order valence-electron chi connectivity index (χ1n) is 7.77. The molecule has 0 bridgehead atoms. The summed E-state index contributed by atoms with van der Waals surface area (Å²) in [5, 5.41) is 0. The Morgan fingerprint density at radius 1 is 1.24 bits per heavy atom. The molecule has 1 aromatic carbocycles. The van der Waals surface area contributed by atoms with Crippen LogP contribution in [0.25, 0.3) is 0 Å². The molecule has 1 aliphatic carbocycles. The number of carbonyl (C=O) groups excluding carboxylic acids is 1. The van der Waals surface area contributed by atoms with Crippen LogP contribution in [0.5, 0.6) is 0 Å². The van der Waals surface area contributed by atoms with Crippen molar-refractivity contribution < 1.29 is 13.6 Å². The number of hydrogen-bond acceptors (Lipinski definition) is 1. The van der Waals surface area contributed by atoms with Crippen molar-refractivity contribution in [2.24, 2.45) is 17.6 Å². The molecule has 2 N–H and O–H groups in total. The van der Waals surface area contributed by atoms with Crippen LogP contribution < -0.4 is 5.73 Å². The quantitative estimate of drug-likeness (QED) is 0.871. The van der Waals surface area contributed by atoms with Crippen LogP contribution in [0.15, 0.2) is 18.2 Å². The minimum Gasteiger partial charge on any atom is -0.369 e. The largest absolute Gasteiger partial charge is 0.369 e. The Kier molecular flexibility index (Phi) is 5.32. The van der Waals surface area contributed by atoms with Gasteiger partial charge in [0.15, 0.2) is 11.6 Å². The molecule has 0 radical (unpaired) electrons. The average Bonchev–Trinajstić information content (AvgIpc) is 2.45. The first kappa shape index (κ1) is 15.9. The molecule has 1 unspecified atom stereocenters. The maximum Gasteiger partial charge on any atom is 0.225 e. The number of primary amides is 1. The maximum atomic E-state index is 13.4. The highest BCUT2D eigenvalue weighted by atomic mass is 19.2. The summed E-state index contributed by atoms with van der Waals surface area (Å²) < 4.78 is 26.5. The van der Waals surface area contributed by atoms with Gasteiger partial charge in [-0.05, 0) is 42.4 Å². The predicted octanol–water partition coefficient (Wildman–Crippen LogP) is 4.14. The minimum absolute atomic E-state index is 0.139. The van der Waals surface area contributed by atoms with Gasteiger partial charge in [0.2, 0.25) is 5.91 Å². The third kappa shape index (κ3) is 3.80. The fraction of sp³-hybridized carbons (Fsp3) is 0.588. The molecule has 0 aliphatic heterocycles. The second-order valence-electron chi connectivity index (χ2n) is 6.12. The van der Waals surface area contributed by atoms with Crippen molar-refractivity contribution in [3.05, 3.63) is 35.4 Å². The van der Waals surface area contributed by atoms with Gasteiger partial charge in [-0.2, -0.15) is 0 Å². The molecule has 0 heterocycles. The van der Waals surface area contributed by atoms with Crippen LogP contribution in [0.3, 0.4) is 0 Å². The second-order valence-corrected chi connectivity index (χ2v) is 6.12. The molecule has 2 rings (SSSR count). The van der Waals surface area contributed by atoms with Gasteiger partial charge in [-0.1, -0.05) is 38.7 Å². The Labute approximate surface area is 124 Å². The molecule has 0 spiro atoms. The topological polar surface area (TPSA) is 43.1 Å². The van der Waals surface area contributed by atoms with Crippen molar-refractivity contribution in [3.63, 3.8) is 0 Å². The van der Waals surface area contributed by atoms with E-state index in [-0.39, 0.29) is 5.92 Å². The number of rotatable bonds is 5. The molecule has 4 heteroatoms. The van der Waals surface area contributed by atoms with Crippen molar-refractivity contribution in [1.82, 2.24) is 0 Å². The third-order valence-electron chi connectivity index (χ3n) is 4.67. The summed E-state index contributed by atoms with van der Waals surface area (Å²) >= 11 is 0. The van der Waals surface area contributed by atoms with Crippen molar-refractivity contribution in [2.45, 2.75) is 51.4 Å². The average molecular weight is 295 g/mol. The summed E-state index contributed by atoms with van der Waals surface area (Å²) in [5.41, 5.74) is 6.03. The van der Waals surface area contributed by atoms with Gasteiger partial charge in [0.1, 0.15) is 0 Å². The lowest BCUT2D eigenvalue weighted by molar-refractivity contribution is -0.121. The van der Waals surface area contributed by atoms with Crippen molar-refractivity contribution in [3.8, 4) is 0 Å². The van der Waals surface area contributed by atoms with E-state index in [1.54, 1.807) is 0 Å². The number of hydrogen-bond donors (Lipinski definition) is 1. The molecule has 1 aromatic rings. The first-order chi connectivity index (χ1) is 10.0. The van der Waals surface area contributed by atoms with Gasteiger partial charge in [-0.15, -0.1) is 0 Å². The smallest absolute Gasteiger partial charge is 0.225 e. The molecule has 0 saturated heterocycles. The number of carbonyl (C=O) groups is 1. The number of halogens is 2. The highest BCUT2D eigenvalue weighted by Gasteiger charge is 2.32. The fourth-order valence-electron chi connectivity index (χ4n) is 3.59. The van der Waals surface area contributed by atoms with Gasteiger partial charge in [0.25, 0.3) is 0 Å². The van der Waals surface area contributed by atoms with Crippen LogP contribution in [-0.2, 0) is 4.79 Å². The van der Waals surface area contributed by atoms with Crippen LogP contribution in [-0.4, -0.2) is 5.91 Å². The summed E-state index contributed by atoms with van der Waals surface area (Å²) in [6.07, 6.45) is 6.43. The predicted molar refractivity (Wildman–Crippen MR) is 78.6 cm³/mol. The van der Waals surface area contributed by atoms with Crippen LogP contribution in [0.1, 0.15) is 56.9 Å². The molecule has 1 aliphatic rings. The maximum absolute atomic E-state index is 13.4. The summed E-state index contributed by atoms with van der Waals surface area (Å²) in [6, 6.07) is 3.66. The Morgan fingerprint density at radius 3 is 2.43 bits per heavy atom. The van der Waals surface area contributed by atoms with Gasteiger partial charge in [0.05, 0.1) is 5.92 Å². The van der Waals surface area contributed by atoms with Crippen LogP contribution in [0.4, 0.5) is 8.78 Å². The summed E-state index contributed by atoms with van der Waals surface area (Å²) in [5.74, 6) is -1.90. The first-order valence-corrected chi connectivity index (χ1v) is 7.77. The molecular weight excluding hydrogens is 272 g/mol. The minimum atomic E-state index is -0.918. The van der Waals surface area contributed by atoms with Crippen molar-refractivity contribution in [1.29, 1.82) is 0 Å². The molecule has 1 amide bonds. The molecule has 1 atom stereocenters. The second kappa shape index (κ2) is 7.01. The SMILES string of the molecule is CCCC1CCC(C(C(N)=O)c2ccc(F)c(F)c2)CC1. The number of amides is 1. The highest BCUT2D eigenvalue weighted by Crippen LogP contribution is 2.39. The molecule has 1 fully saturated rings. The third-order valence-corrected chi connectivity index (χ3v) is 4.67. The lowest BCUT2D eigenvalue weighted by Crippen LogP contribution is -2.31. The van der Waals surface area contributed by atoms with Gasteiger partial charge < -0.3 is 5.73 Å². The molecule has 2 nitrogen and oxygen atoms in total. The van der Waals surface area contributed by atoms with E-state index in [4.69, 9.17) is 5.73 Å².